The van der Waals surface area contributed by atoms with Crippen molar-refractivity contribution in [2.24, 2.45) is 0 Å². The largest absolute Gasteiger partial charge is 0.497 e. The summed E-state index contributed by atoms with van der Waals surface area (Å²) < 4.78 is 11.6. The van der Waals surface area contributed by atoms with Gasteiger partial charge in [-0.05, 0) is 55.0 Å². The van der Waals surface area contributed by atoms with Crippen molar-refractivity contribution in [1.82, 2.24) is 24.8 Å². The normalized spacial score (nSPS) is 13.6. The van der Waals surface area contributed by atoms with Crippen molar-refractivity contribution >= 4 is 27.9 Å². The number of benzene rings is 2. The molecule has 3 aromatic heterocycles. The molecule has 9 nitrogen and oxygen atoms in total. The molecule has 0 spiro atoms. The average molecular weight is 497 g/mol. The third-order valence-corrected chi connectivity index (χ3v) is 6.58. The van der Waals surface area contributed by atoms with Crippen LogP contribution in [0.2, 0.25) is 0 Å². The van der Waals surface area contributed by atoms with E-state index in [9.17, 15) is 0 Å². The highest BCUT2D eigenvalue weighted by Crippen LogP contribution is 2.33. The number of aromatic nitrogens is 5. The van der Waals surface area contributed by atoms with E-state index in [-0.39, 0.29) is 0 Å². The molecule has 0 saturated carbocycles. The fraction of sp³-hybridized carbons (Fsp3) is 0.286. The fourth-order valence-corrected chi connectivity index (χ4v) is 4.85. The molecule has 37 heavy (non-hydrogen) atoms. The van der Waals surface area contributed by atoms with Gasteiger partial charge in [0.1, 0.15) is 35.3 Å². The zero-order chi connectivity index (χ0) is 25.5. The lowest BCUT2D eigenvalue weighted by Crippen LogP contribution is -2.27. The first kappa shape index (κ1) is 23.2. The zero-order valence-corrected chi connectivity index (χ0v) is 21.5. The third-order valence-electron chi connectivity index (χ3n) is 6.58. The molecule has 0 atom stereocenters. The molecule has 1 aliphatic heterocycles. The third kappa shape index (κ3) is 4.53. The maximum atomic E-state index is 6.17. The fourth-order valence-electron chi connectivity index (χ4n) is 4.85. The summed E-state index contributed by atoms with van der Waals surface area (Å²) in [5.41, 5.74) is 6.03. The summed E-state index contributed by atoms with van der Waals surface area (Å²) in [6.07, 6.45) is 2.00. The van der Waals surface area contributed by atoms with Gasteiger partial charge in [0.25, 0.3) is 0 Å². The first-order valence-corrected chi connectivity index (χ1v) is 12.4. The second kappa shape index (κ2) is 9.33. The summed E-state index contributed by atoms with van der Waals surface area (Å²) in [6.45, 7) is 4.58. The number of aromatic amines is 2. The van der Waals surface area contributed by atoms with E-state index in [0.29, 0.717) is 19.7 Å². The smallest absolute Gasteiger partial charge is 0.346 e. The zero-order valence-electron chi connectivity index (χ0n) is 21.5. The molecular weight excluding hydrogens is 466 g/mol. The van der Waals surface area contributed by atoms with Gasteiger partial charge >= 0.3 is 5.65 Å². The highest BCUT2D eigenvalue weighted by Gasteiger charge is 2.21. The van der Waals surface area contributed by atoms with E-state index < -0.39 is 0 Å². The van der Waals surface area contributed by atoms with Gasteiger partial charge in [-0.2, -0.15) is 0 Å². The minimum Gasteiger partial charge on any atom is -0.497 e. The Morgan fingerprint density at radius 1 is 1.08 bits per heavy atom. The maximum absolute atomic E-state index is 6.17. The van der Waals surface area contributed by atoms with E-state index in [1.165, 1.54) is 0 Å². The van der Waals surface area contributed by atoms with Crippen LogP contribution >= 0.6 is 0 Å². The Morgan fingerprint density at radius 2 is 1.97 bits per heavy atom. The van der Waals surface area contributed by atoms with E-state index in [4.69, 9.17) is 19.4 Å². The van der Waals surface area contributed by atoms with Gasteiger partial charge in [-0.3, -0.25) is 0 Å². The molecule has 188 valence electrons. The molecule has 9 heteroatoms. The van der Waals surface area contributed by atoms with Gasteiger partial charge in [0.05, 0.1) is 31.9 Å². The van der Waals surface area contributed by atoms with E-state index in [0.717, 1.165) is 74.3 Å². The molecule has 0 amide bonds. The van der Waals surface area contributed by atoms with Crippen LogP contribution in [0.5, 0.6) is 11.5 Å². The van der Waals surface area contributed by atoms with Gasteiger partial charge in [-0.15, -0.1) is 0 Å². The summed E-state index contributed by atoms with van der Waals surface area (Å²) in [5.74, 6) is 4.26. The molecule has 2 N–H and O–H groups in total. The van der Waals surface area contributed by atoms with E-state index in [1.807, 2.05) is 45.4 Å². The van der Waals surface area contributed by atoms with E-state index >= 15 is 0 Å². The summed E-state index contributed by atoms with van der Waals surface area (Å²) in [5, 5.41) is 0.998. The predicted octanol–water partition coefficient (Wildman–Crippen LogP) is 3.76. The molecule has 0 bridgehead atoms. The van der Waals surface area contributed by atoms with Crippen molar-refractivity contribution in [2.45, 2.75) is 20.0 Å². The van der Waals surface area contributed by atoms with Crippen LogP contribution in [0.3, 0.4) is 0 Å². The van der Waals surface area contributed by atoms with Crippen molar-refractivity contribution in [3.63, 3.8) is 0 Å². The Morgan fingerprint density at radius 3 is 2.81 bits per heavy atom. The quantitative estimate of drug-likeness (QED) is 0.396. The number of nitrogens with one attached hydrogen (secondary N) is 2. The van der Waals surface area contributed by atoms with Gasteiger partial charge in [-0.25, -0.2) is 15.0 Å². The molecule has 5 aromatic rings. The van der Waals surface area contributed by atoms with Crippen molar-refractivity contribution in [2.75, 3.05) is 39.3 Å². The van der Waals surface area contributed by atoms with Crippen LogP contribution in [0.25, 0.3) is 33.2 Å². The maximum Gasteiger partial charge on any atom is 0.346 e. The number of pyridine rings is 1. The van der Waals surface area contributed by atoms with Crippen LogP contribution in [-0.4, -0.2) is 59.2 Å². The standard InChI is InChI=1S/C28H29N7O2/c1-17-30-24-12-19(14-29-27(24)31-17)18-5-8-25-20(11-18)15-35(9-10-37-25)28-22-7-6-21(36-4)13-23(22)32-26(33-28)16-34(2)3/h5-8,11-14H,9-10,15-16H2,1-4H3,(H,29,30,31)/p+1. The summed E-state index contributed by atoms with van der Waals surface area (Å²) >= 11 is 0. The van der Waals surface area contributed by atoms with Crippen molar-refractivity contribution in [1.29, 1.82) is 0 Å². The van der Waals surface area contributed by atoms with Gasteiger partial charge in [-0.1, -0.05) is 6.07 Å². The van der Waals surface area contributed by atoms with Gasteiger partial charge in [0.15, 0.2) is 0 Å². The number of anilines is 1. The molecule has 0 unspecified atom stereocenters. The molecule has 0 saturated heterocycles. The molecule has 4 heterocycles. The monoisotopic (exact) mass is 496 g/mol. The van der Waals surface area contributed by atoms with Gasteiger partial charge < -0.3 is 24.3 Å². The molecule has 0 fully saturated rings. The highest BCUT2D eigenvalue weighted by atomic mass is 16.5. The second-order valence-corrected chi connectivity index (χ2v) is 9.65. The van der Waals surface area contributed by atoms with Crippen molar-refractivity contribution < 1.29 is 14.5 Å². The molecule has 0 radical (unpaired) electrons. The number of methoxy groups -OCH3 is 1. The number of fused-ring (bicyclic) bond motifs is 3. The second-order valence-electron chi connectivity index (χ2n) is 9.65. The number of aryl methyl sites for hydroxylation is 1. The van der Waals surface area contributed by atoms with Crippen LogP contribution in [-0.2, 0) is 13.1 Å². The van der Waals surface area contributed by atoms with Crippen LogP contribution in [0.1, 0.15) is 17.2 Å². The number of nitrogens with zero attached hydrogens (tertiary/aromatic N) is 5. The summed E-state index contributed by atoms with van der Waals surface area (Å²) in [4.78, 5) is 25.3. The van der Waals surface area contributed by atoms with Crippen LogP contribution in [0.15, 0.2) is 48.7 Å². The summed E-state index contributed by atoms with van der Waals surface area (Å²) in [6, 6.07) is 14.5. The number of hydrogen-bond acceptors (Lipinski definition) is 7. The van der Waals surface area contributed by atoms with Crippen LogP contribution in [0.4, 0.5) is 5.82 Å². The van der Waals surface area contributed by atoms with Crippen LogP contribution < -0.4 is 19.4 Å². The Labute approximate surface area is 215 Å². The SMILES string of the molecule is COc1ccc2c(N3CCOc4ccc(-c5c[nH+]c6nc(C)[nH]c6c5)cc4C3)nc(CN(C)C)nc2c1. The Hall–Kier alpha value is -4.24. The average Bonchev–Trinajstić information content (AvgIpc) is 3.13. The van der Waals surface area contributed by atoms with Gasteiger partial charge in [0.2, 0.25) is 5.82 Å². The first-order valence-electron chi connectivity index (χ1n) is 12.4. The van der Waals surface area contributed by atoms with E-state index in [2.05, 4.69) is 49.0 Å². The topological polar surface area (TPSA) is 93.5 Å². The number of rotatable bonds is 5. The van der Waals surface area contributed by atoms with Crippen LogP contribution in [0, 0.1) is 6.92 Å². The number of hydrogen-bond donors (Lipinski definition) is 1. The van der Waals surface area contributed by atoms with Gasteiger partial charge in [0, 0.05) is 36.0 Å². The number of H-pyrrole nitrogens is 2. The number of imidazole rings is 1. The predicted molar refractivity (Wildman–Crippen MR) is 143 cm³/mol. The lowest BCUT2D eigenvalue weighted by molar-refractivity contribution is -0.346. The molecule has 2 aromatic carbocycles. The summed E-state index contributed by atoms with van der Waals surface area (Å²) in [7, 11) is 5.72. The van der Waals surface area contributed by atoms with Crippen molar-refractivity contribution in [3.05, 3.63) is 65.9 Å². The van der Waals surface area contributed by atoms with E-state index in [1.54, 1.807) is 7.11 Å². The molecule has 1 aliphatic rings. The minimum atomic E-state index is 0.574. The lowest BCUT2D eigenvalue weighted by Gasteiger charge is -2.24. The molecular formula is C28H30N7O2+. The molecule has 0 aliphatic carbocycles. The van der Waals surface area contributed by atoms with Crippen molar-refractivity contribution in [3.8, 4) is 22.6 Å². The number of ether oxygens (including phenoxy) is 2. The minimum absolute atomic E-state index is 0.574. The Balaban J connectivity index is 1.40. The molecule has 6 rings (SSSR count). The Bertz CT molecular complexity index is 1610. The highest BCUT2D eigenvalue weighted by molar-refractivity contribution is 5.90. The first-order chi connectivity index (χ1) is 18.0. The lowest BCUT2D eigenvalue weighted by atomic mass is 10.0. The Kier molecular flexibility index (Phi) is 5.84.